The number of likely N-dealkylation sites (N-methyl/N-ethyl adjacent to an activating group) is 2. The number of carbonyl (C=O) groups excluding carboxylic acids is 5. The molecular weight excluding hydrogens is 739 g/mol. The minimum atomic E-state index is -0.872. The predicted octanol–water partition coefficient (Wildman–Crippen LogP) is 5.52. The Kier molecular flexibility index (Phi) is 20.6. The average Bonchev–Trinajstić information content (AvgIpc) is 3.65. The molecule has 58 heavy (non-hydrogen) atoms. The number of rotatable bonds is 22. The van der Waals surface area contributed by atoms with Crippen LogP contribution in [-0.4, -0.2) is 134 Å². The van der Waals surface area contributed by atoms with Crippen LogP contribution in [0.15, 0.2) is 23.8 Å². The first kappa shape index (κ1) is 50.9. The molecule has 0 unspecified atom stereocenters. The number of likely N-dealkylation sites (tertiary alicyclic amines) is 1. The van der Waals surface area contributed by atoms with Gasteiger partial charge in [0.15, 0.2) is 0 Å². The van der Waals surface area contributed by atoms with E-state index in [2.05, 4.69) is 16.7 Å². The lowest BCUT2D eigenvalue weighted by molar-refractivity contribution is -0.159. The number of methoxy groups -OCH3 is 2. The van der Waals surface area contributed by atoms with E-state index in [-0.39, 0.29) is 59.9 Å². The third-order valence-electron chi connectivity index (χ3n) is 11.9. The van der Waals surface area contributed by atoms with E-state index in [1.807, 2.05) is 72.6 Å². The second-order valence-electron chi connectivity index (χ2n) is 18.2. The van der Waals surface area contributed by atoms with Crippen molar-refractivity contribution in [1.29, 1.82) is 0 Å². The summed E-state index contributed by atoms with van der Waals surface area (Å²) >= 11 is 0. The molecule has 9 atom stereocenters. The minimum absolute atomic E-state index is 0.0103. The lowest BCUT2D eigenvalue weighted by atomic mass is 9.89. The number of nitrogens with one attached hydrogen (secondary N) is 2. The molecule has 0 saturated carbocycles. The zero-order chi connectivity index (χ0) is 44.1. The van der Waals surface area contributed by atoms with Crippen molar-refractivity contribution >= 4 is 29.6 Å². The Balaban J connectivity index is 2.31. The van der Waals surface area contributed by atoms with Crippen LogP contribution < -0.4 is 10.6 Å². The number of amides is 4. The number of esters is 1. The summed E-state index contributed by atoms with van der Waals surface area (Å²) in [5.74, 6) is -2.29. The SMILES string of the molecule is CC[C@H](C)[C@@H]([C@@H](CC(=O)N1CCC[C@H]1[C@H](OC)[C@@H](C)C(=O)N[C@@H](CC1=CC=CCC1)C(=O)OC(C)(C)C)OC)N(C)C(=O)[C@@H](NC(=O)[C@H](C(C)C)N(C)CC)C(C)C. The molecule has 0 bridgehead atoms. The standard InChI is InChI=1S/C45H79N5O8/c1-16-30(7)39(49(13)43(54)37(28(3)4)47-42(53)38(29(5)6)48(12)17-2)35(56-14)27-36(51)50-25-21-24-34(50)40(57-15)31(8)41(52)46-33(44(55)58-45(9,10)11)26-32-22-19-18-20-23-32/h18-19,22,28-31,33-35,37-40H,16-17,20-21,23-27H2,1-15H3,(H,46,52)(H,47,53)/t30-,31+,33-,34-,35+,37-,38-,39-,40+/m0/s1. The fraction of sp³-hybridized carbons (Fsp3) is 0.800. The Labute approximate surface area is 350 Å². The third kappa shape index (κ3) is 14.2. The summed E-state index contributed by atoms with van der Waals surface area (Å²) in [6.07, 6.45) is 8.87. The van der Waals surface area contributed by atoms with Gasteiger partial charge in [0.2, 0.25) is 23.6 Å². The van der Waals surface area contributed by atoms with Crippen LogP contribution >= 0.6 is 0 Å². The molecule has 0 aromatic heterocycles. The van der Waals surface area contributed by atoms with Gasteiger partial charge in [-0.15, -0.1) is 0 Å². The van der Waals surface area contributed by atoms with Crippen LogP contribution in [0, 0.1) is 23.7 Å². The summed E-state index contributed by atoms with van der Waals surface area (Å²) in [4.78, 5) is 75.0. The Morgan fingerprint density at radius 2 is 1.59 bits per heavy atom. The van der Waals surface area contributed by atoms with E-state index in [1.165, 1.54) is 0 Å². The van der Waals surface area contributed by atoms with Crippen LogP contribution in [0.4, 0.5) is 0 Å². The summed E-state index contributed by atoms with van der Waals surface area (Å²) < 4.78 is 17.8. The van der Waals surface area contributed by atoms with Gasteiger partial charge in [0.05, 0.1) is 42.7 Å². The van der Waals surface area contributed by atoms with E-state index in [0.717, 1.165) is 31.3 Å². The number of hydrogen-bond acceptors (Lipinski definition) is 9. The summed E-state index contributed by atoms with van der Waals surface area (Å²) in [6, 6.07) is -2.89. The summed E-state index contributed by atoms with van der Waals surface area (Å²) in [6.45, 7) is 22.3. The zero-order valence-corrected chi connectivity index (χ0v) is 38.6. The van der Waals surface area contributed by atoms with Crippen molar-refractivity contribution in [3.05, 3.63) is 23.8 Å². The molecule has 1 heterocycles. The minimum Gasteiger partial charge on any atom is -0.458 e. The first-order chi connectivity index (χ1) is 27.1. The molecule has 0 radical (unpaired) electrons. The van der Waals surface area contributed by atoms with E-state index in [9.17, 15) is 24.0 Å². The topological polar surface area (TPSA) is 147 Å². The van der Waals surface area contributed by atoms with Crippen LogP contribution in [0.3, 0.4) is 0 Å². The highest BCUT2D eigenvalue weighted by Crippen LogP contribution is 2.30. The molecule has 2 N–H and O–H groups in total. The van der Waals surface area contributed by atoms with Crippen LogP contribution in [0.5, 0.6) is 0 Å². The van der Waals surface area contributed by atoms with Gasteiger partial charge < -0.3 is 34.6 Å². The van der Waals surface area contributed by atoms with E-state index in [1.54, 1.807) is 58.8 Å². The van der Waals surface area contributed by atoms with E-state index in [4.69, 9.17) is 14.2 Å². The molecular formula is C45H79N5O8. The average molecular weight is 818 g/mol. The summed E-state index contributed by atoms with van der Waals surface area (Å²) in [5, 5.41) is 6.04. The van der Waals surface area contributed by atoms with Gasteiger partial charge in [0.1, 0.15) is 17.7 Å². The highest BCUT2D eigenvalue weighted by atomic mass is 16.6. The van der Waals surface area contributed by atoms with Gasteiger partial charge in [-0.25, -0.2) is 4.79 Å². The lowest BCUT2D eigenvalue weighted by Crippen LogP contribution is -2.60. The molecule has 2 aliphatic rings. The van der Waals surface area contributed by atoms with Gasteiger partial charge in [-0.3, -0.25) is 24.1 Å². The van der Waals surface area contributed by atoms with Gasteiger partial charge in [0.25, 0.3) is 0 Å². The van der Waals surface area contributed by atoms with Crippen LogP contribution in [-0.2, 0) is 38.2 Å². The van der Waals surface area contributed by atoms with Crippen molar-refractivity contribution in [1.82, 2.24) is 25.3 Å². The van der Waals surface area contributed by atoms with Gasteiger partial charge in [-0.1, -0.05) is 85.6 Å². The van der Waals surface area contributed by atoms with Crippen LogP contribution in [0.25, 0.3) is 0 Å². The van der Waals surface area contributed by atoms with E-state index in [0.29, 0.717) is 25.9 Å². The predicted molar refractivity (Wildman–Crippen MR) is 229 cm³/mol. The number of carbonyl (C=O) groups is 5. The molecule has 1 aliphatic heterocycles. The zero-order valence-electron chi connectivity index (χ0n) is 38.6. The van der Waals surface area contributed by atoms with Crippen molar-refractivity contribution in [3.63, 3.8) is 0 Å². The second kappa shape index (κ2) is 23.5. The molecule has 13 nitrogen and oxygen atoms in total. The number of ether oxygens (including phenoxy) is 3. The monoisotopic (exact) mass is 818 g/mol. The van der Waals surface area contributed by atoms with Crippen molar-refractivity contribution in [3.8, 4) is 0 Å². The molecule has 0 aromatic rings. The fourth-order valence-corrected chi connectivity index (χ4v) is 8.44. The van der Waals surface area contributed by atoms with E-state index >= 15 is 0 Å². The summed E-state index contributed by atoms with van der Waals surface area (Å²) in [5.41, 5.74) is 0.332. The van der Waals surface area contributed by atoms with Gasteiger partial charge in [-0.05, 0) is 84.2 Å². The largest absolute Gasteiger partial charge is 0.458 e. The Bertz CT molecular complexity index is 1420. The Morgan fingerprint density at radius 1 is 0.931 bits per heavy atom. The number of hydrogen-bond donors (Lipinski definition) is 2. The molecule has 4 amide bonds. The molecule has 1 aliphatic carbocycles. The molecule has 332 valence electrons. The third-order valence-corrected chi connectivity index (χ3v) is 11.9. The molecule has 0 aromatic carbocycles. The van der Waals surface area contributed by atoms with E-state index < -0.39 is 47.8 Å². The Morgan fingerprint density at radius 3 is 2.09 bits per heavy atom. The quantitative estimate of drug-likeness (QED) is 0.135. The smallest absolute Gasteiger partial charge is 0.329 e. The fourth-order valence-electron chi connectivity index (χ4n) is 8.44. The summed E-state index contributed by atoms with van der Waals surface area (Å²) in [7, 11) is 6.76. The molecule has 2 rings (SSSR count). The highest BCUT2D eigenvalue weighted by molar-refractivity contribution is 5.90. The maximum Gasteiger partial charge on any atom is 0.329 e. The van der Waals surface area contributed by atoms with Crippen LogP contribution in [0.2, 0.25) is 0 Å². The van der Waals surface area contributed by atoms with Gasteiger partial charge >= 0.3 is 5.97 Å². The maximum atomic E-state index is 14.4. The van der Waals surface area contributed by atoms with Crippen molar-refractivity contribution in [2.24, 2.45) is 23.7 Å². The first-order valence-corrected chi connectivity index (χ1v) is 21.6. The van der Waals surface area contributed by atoms with Crippen molar-refractivity contribution in [2.75, 3.05) is 41.4 Å². The normalized spacial score (nSPS) is 20.1. The van der Waals surface area contributed by atoms with Gasteiger partial charge in [0, 0.05) is 27.8 Å². The lowest BCUT2D eigenvalue weighted by Gasteiger charge is -2.41. The highest BCUT2D eigenvalue weighted by Gasteiger charge is 2.44. The van der Waals surface area contributed by atoms with Crippen LogP contribution in [0.1, 0.15) is 121 Å². The molecule has 1 saturated heterocycles. The molecule has 0 spiro atoms. The molecule has 1 fully saturated rings. The number of allylic oxidation sites excluding steroid dienone is 3. The van der Waals surface area contributed by atoms with Crippen molar-refractivity contribution in [2.45, 2.75) is 169 Å². The number of nitrogens with zero attached hydrogens (tertiary/aromatic N) is 3. The second-order valence-corrected chi connectivity index (χ2v) is 18.2. The van der Waals surface area contributed by atoms with Crippen molar-refractivity contribution < 1.29 is 38.2 Å². The first-order valence-electron chi connectivity index (χ1n) is 21.6. The van der Waals surface area contributed by atoms with Gasteiger partial charge in [-0.2, -0.15) is 0 Å². The molecule has 13 heteroatoms. The Hall–Kier alpha value is -3.29. The maximum absolute atomic E-state index is 14.4.